The minimum atomic E-state index is -0.0787. The Labute approximate surface area is 119 Å². The maximum absolute atomic E-state index is 12.6. The SMILES string of the molecule is CCCN(CCC)C(=O)c1ocnc1-c1ccccc1. The average Bonchev–Trinajstić information content (AvgIpc) is 2.96. The van der Waals surface area contributed by atoms with Crippen LogP contribution in [0.4, 0.5) is 0 Å². The van der Waals surface area contributed by atoms with Gasteiger partial charge in [0.2, 0.25) is 5.76 Å². The first-order chi connectivity index (χ1) is 9.77. The molecule has 0 fully saturated rings. The highest BCUT2D eigenvalue weighted by molar-refractivity contribution is 5.97. The molecule has 0 aliphatic heterocycles. The predicted octanol–water partition coefficient (Wildman–Crippen LogP) is 3.60. The van der Waals surface area contributed by atoms with Crippen LogP contribution in [-0.2, 0) is 0 Å². The summed E-state index contributed by atoms with van der Waals surface area (Å²) in [7, 11) is 0. The maximum atomic E-state index is 12.6. The van der Waals surface area contributed by atoms with E-state index in [-0.39, 0.29) is 5.91 Å². The number of hydrogen-bond donors (Lipinski definition) is 0. The summed E-state index contributed by atoms with van der Waals surface area (Å²) < 4.78 is 5.35. The predicted molar refractivity (Wildman–Crippen MR) is 78.4 cm³/mol. The highest BCUT2D eigenvalue weighted by Crippen LogP contribution is 2.23. The molecule has 2 aromatic rings. The first kappa shape index (κ1) is 14.3. The van der Waals surface area contributed by atoms with E-state index in [1.54, 1.807) is 0 Å². The van der Waals surface area contributed by atoms with Gasteiger partial charge in [-0.3, -0.25) is 4.79 Å². The van der Waals surface area contributed by atoms with Crippen molar-refractivity contribution in [1.82, 2.24) is 9.88 Å². The molecule has 0 unspecified atom stereocenters. The number of carbonyl (C=O) groups excluding carboxylic acids is 1. The van der Waals surface area contributed by atoms with E-state index in [1.807, 2.05) is 35.2 Å². The Bertz CT molecular complexity index is 543. The lowest BCUT2D eigenvalue weighted by Crippen LogP contribution is -2.32. The molecule has 1 aromatic heterocycles. The molecule has 0 saturated carbocycles. The van der Waals surface area contributed by atoms with Crippen LogP contribution >= 0.6 is 0 Å². The van der Waals surface area contributed by atoms with Crippen LogP contribution in [0.1, 0.15) is 37.2 Å². The maximum Gasteiger partial charge on any atom is 0.291 e. The van der Waals surface area contributed by atoms with Crippen LogP contribution in [0.5, 0.6) is 0 Å². The lowest BCUT2D eigenvalue weighted by atomic mass is 10.1. The van der Waals surface area contributed by atoms with Crippen LogP contribution in [0.2, 0.25) is 0 Å². The number of oxazole rings is 1. The molecule has 20 heavy (non-hydrogen) atoms. The normalized spacial score (nSPS) is 10.5. The van der Waals surface area contributed by atoms with E-state index in [0.717, 1.165) is 31.5 Å². The van der Waals surface area contributed by atoms with Crippen molar-refractivity contribution in [2.45, 2.75) is 26.7 Å². The van der Waals surface area contributed by atoms with Gasteiger partial charge >= 0.3 is 0 Å². The molecule has 0 saturated heterocycles. The molecule has 4 nitrogen and oxygen atoms in total. The van der Waals surface area contributed by atoms with Gasteiger partial charge in [0.05, 0.1) is 0 Å². The van der Waals surface area contributed by atoms with Gasteiger partial charge in [-0.2, -0.15) is 0 Å². The summed E-state index contributed by atoms with van der Waals surface area (Å²) in [6.07, 6.45) is 3.20. The molecule has 1 aromatic carbocycles. The summed E-state index contributed by atoms with van der Waals surface area (Å²) in [6.45, 7) is 5.60. The van der Waals surface area contributed by atoms with Crippen LogP contribution in [-0.4, -0.2) is 28.9 Å². The summed E-state index contributed by atoms with van der Waals surface area (Å²) in [6, 6.07) is 9.64. The second-order valence-corrected chi connectivity index (χ2v) is 4.69. The van der Waals surface area contributed by atoms with E-state index in [1.165, 1.54) is 6.39 Å². The molecular formula is C16H20N2O2. The van der Waals surface area contributed by atoms with Crippen LogP contribution < -0.4 is 0 Å². The molecule has 0 spiro atoms. The third-order valence-corrected chi connectivity index (χ3v) is 3.08. The summed E-state index contributed by atoms with van der Waals surface area (Å²) in [5.41, 5.74) is 1.52. The van der Waals surface area contributed by atoms with Crippen molar-refractivity contribution >= 4 is 5.91 Å². The second-order valence-electron chi connectivity index (χ2n) is 4.69. The number of benzene rings is 1. The monoisotopic (exact) mass is 272 g/mol. The Balaban J connectivity index is 2.29. The minimum absolute atomic E-state index is 0.0787. The number of nitrogens with zero attached hydrogens (tertiary/aromatic N) is 2. The van der Waals surface area contributed by atoms with E-state index in [0.29, 0.717) is 11.5 Å². The van der Waals surface area contributed by atoms with Gasteiger partial charge in [-0.15, -0.1) is 0 Å². The van der Waals surface area contributed by atoms with Crippen LogP contribution in [0.15, 0.2) is 41.1 Å². The zero-order chi connectivity index (χ0) is 14.4. The van der Waals surface area contributed by atoms with Gasteiger partial charge in [-0.25, -0.2) is 4.98 Å². The summed E-state index contributed by atoms with van der Waals surface area (Å²) in [4.78, 5) is 18.6. The van der Waals surface area contributed by atoms with E-state index < -0.39 is 0 Å². The largest absolute Gasteiger partial charge is 0.438 e. The fourth-order valence-electron chi connectivity index (χ4n) is 2.20. The lowest BCUT2D eigenvalue weighted by molar-refractivity contribution is 0.0724. The summed E-state index contributed by atoms with van der Waals surface area (Å²) in [5.74, 6) is 0.253. The Morgan fingerprint density at radius 1 is 1.15 bits per heavy atom. The van der Waals surface area contributed by atoms with Crippen molar-refractivity contribution < 1.29 is 9.21 Å². The number of rotatable bonds is 6. The number of hydrogen-bond acceptors (Lipinski definition) is 3. The third kappa shape index (κ3) is 3.07. The average molecular weight is 272 g/mol. The fraction of sp³-hybridized carbons (Fsp3) is 0.375. The second kappa shape index (κ2) is 6.89. The molecule has 0 radical (unpaired) electrons. The molecule has 0 atom stereocenters. The first-order valence-corrected chi connectivity index (χ1v) is 7.06. The third-order valence-electron chi connectivity index (χ3n) is 3.08. The number of carbonyl (C=O) groups is 1. The van der Waals surface area contributed by atoms with Crippen LogP contribution in [0, 0.1) is 0 Å². The van der Waals surface area contributed by atoms with Gasteiger partial charge in [0.1, 0.15) is 5.69 Å². The van der Waals surface area contributed by atoms with Crippen molar-refractivity contribution in [3.63, 3.8) is 0 Å². The zero-order valence-electron chi connectivity index (χ0n) is 12.0. The summed E-state index contributed by atoms with van der Waals surface area (Å²) in [5, 5.41) is 0. The Morgan fingerprint density at radius 2 is 1.80 bits per heavy atom. The topological polar surface area (TPSA) is 46.3 Å². The van der Waals surface area contributed by atoms with Crippen LogP contribution in [0.3, 0.4) is 0 Å². The van der Waals surface area contributed by atoms with E-state index in [4.69, 9.17) is 4.42 Å². The molecule has 4 heteroatoms. The van der Waals surface area contributed by atoms with Crippen molar-refractivity contribution in [3.8, 4) is 11.3 Å². The molecule has 2 rings (SSSR count). The number of aromatic nitrogens is 1. The fourth-order valence-corrected chi connectivity index (χ4v) is 2.20. The molecule has 1 heterocycles. The Morgan fingerprint density at radius 3 is 2.40 bits per heavy atom. The highest BCUT2D eigenvalue weighted by Gasteiger charge is 2.23. The van der Waals surface area contributed by atoms with Crippen molar-refractivity contribution in [2.75, 3.05) is 13.1 Å². The quantitative estimate of drug-likeness (QED) is 0.807. The Kier molecular flexibility index (Phi) is 4.93. The molecule has 106 valence electrons. The molecule has 0 N–H and O–H groups in total. The van der Waals surface area contributed by atoms with Gasteiger partial charge in [-0.05, 0) is 12.8 Å². The Hall–Kier alpha value is -2.10. The smallest absolute Gasteiger partial charge is 0.291 e. The first-order valence-electron chi connectivity index (χ1n) is 7.06. The van der Waals surface area contributed by atoms with E-state index in [2.05, 4.69) is 18.8 Å². The number of amides is 1. The minimum Gasteiger partial charge on any atom is -0.438 e. The van der Waals surface area contributed by atoms with E-state index >= 15 is 0 Å². The van der Waals surface area contributed by atoms with Gasteiger partial charge in [0.15, 0.2) is 6.39 Å². The van der Waals surface area contributed by atoms with Crippen molar-refractivity contribution in [3.05, 3.63) is 42.5 Å². The molecule has 0 aliphatic rings. The van der Waals surface area contributed by atoms with Gasteiger partial charge in [0.25, 0.3) is 5.91 Å². The van der Waals surface area contributed by atoms with Gasteiger partial charge < -0.3 is 9.32 Å². The molecule has 1 amide bonds. The lowest BCUT2D eigenvalue weighted by Gasteiger charge is -2.20. The molecule has 0 bridgehead atoms. The van der Waals surface area contributed by atoms with Crippen molar-refractivity contribution in [2.24, 2.45) is 0 Å². The zero-order valence-corrected chi connectivity index (χ0v) is 12.0. The molecule has 0 aliphatic carbocycles. The van der Waals surface area contributed by atoms with Crippen LogP contribution in [0.25, 0.3) is 11.3 Å². The van der Waals surface area contributed by atoms with E-state index in [9.17, 15) is 4.79 Å². The summed E-state index contributed by atoms with van der Waals surface area (Å²) >= 11 is 0. The van der Waals surface area contributed by atoms with Gasteiger partial charge in [0, 0.05) is 18.7 Å². The highest BCUT2D eigenvalue weighted by atomic mass is 16.3. The van der Waals surface area contributed by atoms with Gasteiger partial charge in [-0.1, -0.05) is 44.2 Å². The standard InChI is InChI=1S/C16H20N2O2/c1-3-10-18(11-4-2)16(19)15-14(17-12-20-15)13-8-6-5-7-9-13/h5-9,12H,3-4,10-11H2,1-2H3. The molecular weight excluding hydrogens is 252 g/mol. The van der Waals surface area contributed by atoms with Crippen molar-refractivity contribution in [1.29, 1.82) is 0 Å².